The molecule has 1 saturated heterocycles. The summed E-state index contributed by atoms with van der Waals surface area (Å²) in [6.07, 6.45) is 1.11. The van der Waals surface area contributed by atoms with E-state index in [9.17, 15) is 34.6 Å². The van der Waals surface area contributed by atoms with Crippen molar-refractivity contribution in [3.8, 4) is 5.75 Å². The normalized spacial score (nSPS) is 18.5. The molecule has 2 aliphatic rings. The number of carboxylic acids is 1. The summed E-state index contributed by atoms with van der Waals surface area (Å²) in [6, 6.07) is 0.0793. The molecule has 0 aliphatic carbocycles. The first kappa shape index (κ1) is 28.8. The molecule has 2 aliphatic heterocycles. The molecule has 2 atom stereocenters. The minimum atomic E-state index is -1.33. The number of carbonyl (C=O) groups excluding carboxylic acids is 2. The molecule has 220 valence electrons. The molecule has 19 nitrogen and oxygen atoms in total. The maximum Gasteiger partial charge on any atom is 0.352 e. The van der Waals surface area contributed by atoms with E-state index in [1.54, 1.807) is 0 Å². The third-order valence-electron chi connectivity index (χ3n) is 5.96. The highest BCUT2D eigenvalue weighted by Gasteiger charge is 2.54. The van der Waals surface area contributed by atoms with Crippen molar-refractivity contribution >= 4 is 63.7 Å². The topological polar surface area (TPSA) is 266 Å². The molecule has 2 amide bonds. The molecule has 1 fully saturated rings. The first-order chi connectivity index (χ1) is 20.1. The number of anilines is 1. The zero-order chi connectivity index (χ0) is 30.1. The standard InChI is InChI=1S/C20H19N11O8S3/c1-39-30-4-10(33)9(32)2-8(30)3-29-20(24-27-28-29)41-6-7-5-40-17-12(16(35)31(17)13(7)18(36)37)22-15(34)11(25-38)14-23-19(21)42-26-14/h2,4,12,17,33,38H,3,5-6H2,1H3,(H,22,34)(H,36,37)(H2,21,23,26)/b25-11-/t12-,17+/m1/s1. The van der Waals surface area contributed by atoms with E-state index in [0.29, 0.717) is 11.3 Å². The Morgan fingerprint density at radius 1 is 1.36 bits per heavy atom. The lowest BCUT2D eigenvalue weighted by molar-refractivity contribution is -0.150. The Bertz CT molecular complexity index is 1700. The number of carboxylic acid groups (broad SMARTS) is 1. The number of rotatable bonds is 10. The van der Waals surface area contributed by atoms with E-state index in [1.807, 2.05) is 0 Å². The molecule has 5 rings (SSSR count). The van der Waals surface area contributed by atoms with Crippen LogP contribution in [-0.4, -0.2) is 108 Å². The zero-order valence-corrected chi connectivity index (χ0v) is 23.6. The van der Waals surface area contributed by atoms with E-state index in [4.69, 9.17) is 10.6 Å². The smallest absolute Gasteiger partial charge is 0.352 e. The Hall–Kier alpha value is -4.70. The fourth-order valence-electron chi connectivity index (χ4n) is 4.06. The van der Waals surface area contributed by atoms with E-state index in [-0.39, 0.29) is 39.9 Å². The lowest BCUT2D eigenvalue weighted by Crippen LogP contribution is -2.71. The lowest BCUT2D eigenvalue weighted by atomic mass is 10.0. The number of nitrogens with zero attached hydrogens (tertiary/aromatic N) is 9. The molecule has 0 unspecified atom stereocenters. The van der Waals surface area contributed by atoms with Crippen molar-refractivity contribution in [1.29, 1.82) is 0 Å². The van der Waals surface area contributed by atoms with Crippen molar-refractivity contribution in [2.75, 3.05) is 24.3 Å². The highest BCUT2D eigenvalue weighted by Crippen LogP contribution is 2.41. The maximum atomic E-state index is 13.0. The predicted molar refractivity (Wildman–Crippen MR) is 145 cm³/mol. The second-order valence-corrected chi connectivity index (χ2v) is 11.3. The molecule has 22 heteroatoms. The zero-order valence-electron chi connectivity index (χ0n) is 21.1. The fraction of sp³-hybridized carbons (Fsp3) is 0.300. The average molecular weight is 638 g/mol. The lowest BCUT2D eigenvalue weighted by Gasteiger charge is -2.49. The molecule has 0 saturated carbocycles. The van der Waals surface area contributed by atoms with Crippen LogP contribution in [0.1, 0.15) is 11.5 Å². The minimum absolute atomic E-state index is 0.00547. The Kier molecular flexibility index (Phi) is 8.00. The largest absolute Gasteiger partial charge is 0.503 e. The molecule has 0 spiro atoms. The van der Waals surface area contributed by atoms with E-state index in [1.165, 1.54) is 34.4 Å². The number of nitrogens with two attached hydrogens (primary N) is 1. The van der Waals surface area contributed by atoms with Gasteiger partial charge in [-0.3, -0.25) is 19.3 Å². The number of aromatic nitrogens is 7. The summed E-state index contributed by atoms with van der Waals surface area (Å²) in [5.74, 6) is -3.34. The highest BCUT2D eigenvalue weighted by atomic mass is 32.2. The number of hydrogen-bond acceptors (Lipinski definition) is 17. The summed E-state index contributed by atoms with van der Waals surface area (Å²) in [7, 11) is 1.34. The molecule has 3 aromatic heterocycles. The number of pyridine rings is 1. The predicted octanol–water partition coefficient (Wildman–Crippen LogP) is -2.21. The van der Waals surface area contributed by atoms with Crippen LogP contribution in [0, 0.1) is 0 Å². The van der Waals surface area contributed by atoms with Crippen molar-refractivity contribution in [2.24, 2.45) is 5.16 Å². The number of thioether (sulfide) groups is 2. The Balaban J connectivity index is 1.29. The van der Waals surface area contributed by atoms with Gasteiger partial charge in [-0.05, 0) is 16.0 Å². The summed E-state index contributed by atoms with van der Waals surface area (Å²) in [4.78, 5) is 59.8. The van der Waals surface area contributed by atoms with Crippen LogP contribution in [0.25, 0.3) is 0 Å². The fourth-order valence-corrected chi connectivity index (χ4v) is 6.86. The van der Waals surface area contributed by atoms with Crippen LogP contribution in [0.4, 0.5) is 5.13 Å². The highest BCUT2D eigenvalue weighted by molar-refractivity contribution is 8.01. The number of tetrazole rings is 1. The van der Waals surface area contributed by atoms with Crippen molar-refractivity contribution in [2.45, 2.75) is 23.1 Å². The monoisotopic (exact) mass is 637 g/mol. The van der Waals surface area contributed by atoms with E-state index in [0.717, 1.165) is 34.4 Å². The molecule has 0 aromatic carbocycles. The van der Waals surface area contributed by atoms with Gasteiger partial charge in [-0.2, -0.15) is 14.1 Å². The Morgan fingerprint density at radius 3 is 2.81 bits per heavy atom. The van der Waals surface area contributed by atoms with Gasteiger partial charge in [0.15, 0.2) is 10.9 Å². The second-order valence-electron chi connectivity index (χ2n) is 8.45. The SMILES string of the molecule is COn1cc(O)c(=O)cc1Cn1nnnc1SCC1=C(C(=O)O)N2C(=O)[C@@H](NC(=O)/C(=N\O)c3nsc(N)n3)[C@@H]2SC1. The molecule has 5 heterocycles. The third kappa shape index (κ3) is 5.33. The van der Waals surface area contributed by atoms with Crippen LogP contribution in [0.5, 0.6) is 5.75 Å². The molecule has 3 aromatic rings. The summed E-state index contributed by atoms with van der Waals surface area (Å²) in [5.41, 5.74) is 4.86. The van der Waals surface area contributed by atoms with Gasteiger partial charge in [-0.15, -0.1) is 16.9 Å². The van der Waals surface area contributed by atoms with Gasteiger partial charge in [0.25, 0.3) is 11.8 Å². The number of carbonyl (C=O) groups is 3. The first-order valence-corrected chi connectivity index (χ1v) is 14.3. The van der Waals surface area contributed by atoms with Gasteiger partial charge in [-0.25, -0.2) is 9.48 Å². The number of nitrogens with one attached hydrogen (secondary N) is 1. The van der Waals surface area contributed by atoms with Gasteiger partial charge in [0.05, 0.1) is 18.4 Å². The number of aliphatic carboxylic acids is 1. The van der Waals surface area contributed by atoms with Crippen LogP contribution in [0.2, 0.25) is 0 Å². The maximum absolute atomic E-state index is 13.0. The number of amides is 2. The van der Waals surface area contributed by atoms with Crippen molar-refractivity contribution < 1.29 is 34.6 Å². The van der Waals surface area contributed by atoms with Crippen molar-refractivity contribution in [3.63, 3.8) is 0 Å². The van der Waals surface area contributed by atoms with Gasteiger partial charge in [-0.1, -0.05) is 16.9 Å². The van der Waals surface area contributed by atoms with Gasteiger partial charge >= 0.3 is 5.97 Å². The van der Waals surface area contributed by atoms with E-state index < -0.39 is 46.1 Å². The number of fused-ring (bicyclic) bond motifs is 1. The first-order valence-electron chi connectivity index (χ1n) is 11.5. The summed E-state index contributed by atoms with van der Waals surface area (Å²) in [5, 5.41) is 45.3. The number of hydrogen-bond donors (Lipinski definition) is 5. The third-order valence-corrected chi connectivity index (χ3v) is 8.89. The molecule has 6 N–H and O–H groups in total. The Labute approximate surface area is 246 Å². The van der Waals surface area contributed by atoms with E-state index >= 15 is 0 Å². The average Bonchev–Trinajstić information content (AvgIpc) is 3.60. The van der Waals surface area contributed by atoms with Crippen LogP contribution >= 0.6 is 35.1 Å². The van der Waals surface area contributed by atoms with Crippen LogP contribution < -0.4 is 21.3 Å². The van der Waals surface area contributed by atoms with Crippen LogP contribution in [-0.2, 0) is 20.9 Å². The number of β-lactam (4-membered cyclic amide) rings is 1. The van der Waals surface area contributed by atoms with Crippen molar-refractivity contribution in [1.82, 2.24) is 44.5 Å². The van der Waals surface area contributed by atoms with Gasteiger partial charge in [0.1, 0.15) is 24.2 Å². The molecule has 42 heavy (non-hydrogen) atoms. The molecular weight excluding hydrogens is 618 g/mol. The van der Waals surface area contributed by atoms with Gasteiger partial charge in [0, 0.05) is 29.1 Å². The van der Waals surface area contributed by atoms with Crippen LogP contribution in [0.15, 0.2) is 38.6 Å². The van der Waals surface area contributed by atoms with Crippen molar-refractivity contribution in [3.05, 3.63) is 45.3 Å². The molecule has 0 radical (unpaired) electrons. The molecular formula is C20H19N11O8S3. The molecule has 0 bridgehead atoms. The summed E-state index contributed by atoms with van der Waals surface area (Å²) < 4.78 is 6.35. The summed E-state index contributed by atoms with van der Waals surface area (Å²) >= 11 is 3.13. The number of oxime groups is 1. The van der Waals surface area contributed by atoms with Gasteiger partial charge in [0.2, 0.25) is 22.1 Å². The van der Waals surface area contributed by atoms with Gasteiger partial charge < -0.3 is 31.3 Å². The number of aromatic hydroxyl groups is 1. The van der Waals surface area contributed by atoms with E-state index in [2.05, 4.69) is 35.4 Å². The number of nitrogen functional groups attached to an aromatic ring is 1. The quantitative estimate of drug-likeness (QED) is 0.0518. The summed E-state index contributed by atoms with van der Waals surface area (Å²) in [6.45, 7) is -0.00547. The Morgan fingerprint density at radius 2 is 2.14 bits per heavy atom. The second kappa shape index (κ2) is 11.7. The minimum Gasteiger partial charge on any atom is -0.503 e. The van der Waals surface area contributed by atoms with Crippen LogP contribution in [0.3, 0.4) is 0 Å².